The number of aliphatic hydroxyl groups excluding tert-OH is 1. The molecule has 18 heavy (non-hydrogen) atoms. The molecule has 0 radical (unpaired) electrons. The third-order valence-electron chi connectivity index (χ3n) is 2.50. The topological polar surface area (TPSA) is 83.6 Å². The first-order valence-electron chi connectivity index (χ1n) is 5.36. The van der Waals surface area contributed by atoms with Crippen LogP contribution in [-0.2, 0) is 10.0 Å². The molecule has 1 rings (SSSR count). The largest absolute Gasteiger partial charge is 0.397 e. The van der Waals surface area contributed by atoms with Crippen LogP contribution in [0.25, 0.3) is 0 Å². The number of benzene rings is 1. The number of anilines is 1. The van der Waals surface area contributed by atoms with Crippen molar-refractivity contribution >= 4 is 27.3 Å². The van der Waals surface area contributed by atoms with Gasteiger partial charge in [-0.15, -0.1) is 0 Å². The Morgan fingerprint density at radius 1 is 1.50 bits per heavy atom. The minimum Gasteiger partial charge on any atom is -0.397 e. The number of halogens is 1. The van der Waals surface area contributed by atoms with Gasteiger partial charge in [0.15, 0.2) is 0 Å². The molecule has 0 aromatic heterocycles. The van der Waals surface area contributed by atoms with Crippen LogP contribution in [0.5, 0.6) is 0 Å². The summed E-state index contributed by atoms with van der Waals surface area (Å²) in [6, 6.07) is 2.85. The molecular weight excluding hydrogens is 276 g/mol. The maximum atomic E-state index is 12.3. The Morgan fingerprint density at radius 3 is 2.56 bits per heavy atom. The summed E-state index contributed by atoms with van der Waals surface area (Å²) in [6.45, 7) is 3.19. The summed E-state index contributed by atoms with van der Waals surface area (Å²) >= 11 is 5.83. The van der Waals surface area contributed by atoms with Crippen LogP contribution in [0.1, 0.15) is 12.5 Å². The molecule has 1 unspecified atom stereocenters. The molecule has 0 saturated heterocycles. The van der Waals surface area contributed by atoms with Crippen LogP contribution >= 0.6 is 11.6 Å². The van der Waals surface area contributed by atoms with Crippen LogP contribution in [0.3, 0.4) is 0 Å². The molecule has 3 N–H and O–H groups in total. The minimum atomic E-state index is -3.67. The lowest BCUT2D eigenvalue weighted by molar-refractivity contribution is 0.171. The number of nitrogens with zero attached hydrogens (tertiary/aromatic N) is 1. The summed E-state index contributed by atoms with van der Waals surface area (Å²) < 4.78 is 25.6. The molecule has 0 aliphatic carbocycles. The molecule has 1 aromatic carbocycles. The summed E-state index contributed by atoms with van der Waals surface area (Å²) in [4.78, 5) is 0.104. The van der Waals surface area contributed by atoms with Crippen molar-refractivity contribution in [2.75, 3.05) is 19.3 Å². The fourth-order valence-corrected chi connectivity index (χ4v) is 3.29. The normalized spacial score (nSPS) is 13.9. The first-order chi connectivity index (χ1) is 8.16. The number of sulfonamides is 1. The van der Waals surface area contributed by atoms with Crippen LogP contribution in [0, 0.1) is 6.92 Å². The molecule has 7 heteroatoms. The number of hydrogen-bond acceptors (Lipinski definition) is 4. The van der Waals surface area contributed by atoms with E-state index in [1.165, 1.54) is 26.1 Å². The van der Waals surface area contributed by atoms with E-state index in [0.29, 0.717) is 10.6 Å². The zero-order chi connectivity index (χ0) is 14.1. The lowest BCUT2D eigenvalue weighted by atomic mass is 10.2. The highest BCUT2D eigenvalue weighted by atomic mass is 35.5. The maximum Gasteiger partial charge on any atom is 0.243 e. The van der Waals surface area contributed by atoms with E-state index in [1.54, 1.807) is 6.92 Å². The Morgan fingerprint density at radius 2 is 2.06 bits per heavy atom. The molecule has 0 aliphatic rings. The van der Waals surface area contributed by atoms with Gasteiger partial charge in [0.2, 0.25) is 10.0 Å². The third-order valence-corrected chi connectivity index (χ3v) is 4.80. The molecule has 1 aromatic rings. The van der Waals surface area contributed by atoms with Crippen molar-refractivity contribution in [1.82, 2.24) is 4.31 Å². The second-order valence-corrected chi connectivity index (χ2v) is 6.69. The Hall–Kier alpha value is -0.820. The van der Waals surface area contributed by atoms with E-state index in [4.69, 9.17) is 17.3 Å². The fraction of sp³-hybridized carbons (Fsp3) is 0.455. The van der Waals surface area contributed by atoms with Gasteiger partial charge in [0.25, 0.3) is 0 Å². The van der Waals surface area contributed by atoms with Crippen LogP contribution in [0.15, 0.2) is 17.0 Å². The van der Waals surface area contributed by atoms with Crippen molar-refractivity contribution in [3.8, 4) is 0 Å². The molecule has 1 atom stereocenters. The van der Waals surface area contributed by atoms with E-state index in [1.807, 2.05) is 0 Å². The van der Waals surface area contributed by atoms with Crippen LogP contribution in [0.2, 0.25) is 5.02 Å². The molecule has 0 heterocycles. The number of aliphatic hydroxyl groups is 1. The molecule has 0 aliphatic heterocycles. The average Bonchev–Trinajstić information content (AvgIpc) is 2.22. The predicted octanol–water partition coefficient (Wildman–Crippen LogP) is 1.23. The highest BCUT2D eigenvalue weighted by Crippen LogP contribution is 2.27. The van der Waals surface area contributed by atoms with Gasteiger partial charge in [-0.25, -0.2) is 8.42 Å². The first-order valence-corrected chi connectivity index (χ1v) is 7.18. The number of hydrogen-bond donors (Lipinski definition) is 2. The number of rotatable bonds is 4. The Labute approximate surface area is 112 Å². The predicted molar refractivity (Wildman–Crippen MR) is 72.1 cm³/mol. The highest BCUT2D eigenvalue weighted by molar-refractivity contribution is 7.89. The minimum absolute atomic E-state index is 0.0182. The molecule has 0 bridgehead atoms. The average molecular weight is 293 g/mol. The number of nitrogen functional groups attached to an aromatic ring is 1. The summed E-state index contributed by atoms with van der Waals surface area (Å²) in [5.74, 6) is 0. The van der Waals surface area contributed by atoms with E-state index in [0.717, 1.165) is 4.31 Å². The van der Waals surface area contributed by atoms with E-state index in [2.05, 4.69) is 0 Å². The van der Waals surface area contributed by atoms with Crippen LogP contribution < -0.4 is 5.73 Å². The Kier molecular flexibility index (Phi) is 4.61. The van der Waals surface area contributed by atoms with Gasteiger partial charge in [-0.2, -0.15) is 4.31 Å². The lowest BCUT2D eigenvalue weighted by Crippen LogP contribution is -2.33. The zero-order valence-electron chi connectivity index (χ0n) is 10.5. The summed E-state index contributed by atoms with van der Waals surface area (Å²) in [5.41, 5.74) is 6.36. The van der Waals surface area contributed by atoms with Crippen molar-refractivity contribution in [3.63, 3.8) is 0 Å². The molecule has 0 spiro atoms. The molecule has 0 saturated carbocycles. The molecule has 0 fully saturated rings. The van der Waals surface area contributed by atoms with Crippen LogP contribution in [0.4, 0.5) is 5.69 Å². The van der Waals surface area contributed by atoms with Gasteiger partial charge in [0.05, 0.1) is 21.7 Å². The molecule has 5 nitrogen and oxygen atoms in total. The second-order valence-electron chi connectivity index (χ2n) is 4.27. The molecule has 0 amide bonds. The van der Waals surface area contributed by atoms with Gasteiger partial charge in [0, 0.05) is 13.6 Å². The SMILES string of the molecule is Cc1cc(Cl)c(N)cc1S(=O)(=O)N(C)CC(C)O. The summed E-state index contributed by atoms with van der Waals surface area (Å²) in [7, 11) is -2.26. The first kappa shape index (κ1) is 15.2. The fourth-order valence-electron chi connectivity index (χ4n) is 1.58. The molecular formula is C11H17ClN2O3S. The monoisotopic (exact) mass is 292 g/mol. The maximum absolute atomic E-state index is 12.3. The van der Waals surface area contributed by atoms with E-state index < -0.39 is 16.1 Å². The smallest absolute Gasteiger partial charge is 0.243 e. The summed E-state index contributed by atoms with van der Waals surface area (Å²) in [5, 5.41) is 9.57. The number of aryl methyl sites for hydroxylation is 1. The van der Waals surface area contributed by atoms with Gasteiger partial charge in [-0.1, -0.05) is 11.6 Å². The molecule has 102 valence electrons. The zero-order valence-corrected chi connectivity index (χ0v) is 12.1. The van der Waals surface area contributed by atoms with Crippen molar-refractivity contribution in [3.05, 3.63) is 22.7 Å². The van der Waals surface area contributed by atoms with Gasteiger partial charge in [-0.05, 0) is 31.5 Å². The third kappa shape index (κ3) is 3.14. The van der Waals surface area contributed by atoms with E-state index in [9.17, 15) is 13.5 Å². The van der Waals surface area contributed by atoms with Crippen molar-refractivity contribution in [1.29, 1.82) is 0 Å². The Bertz CT molecular complexity index is 543. The lowest BCUT2D eigenvalue weighted by Gasteiger charge is -2.20. The van der Waals surface area contributed by atoms with Gasteiger partial charge >= 0.3 is 0 Å². The van der Waals surface area contributed by atoms with Crippen molar-refractivity contribution < 1.29 is 13.5 Å². The van der Waals surface area contributed by atoms with Crippen molar-refractivity contribution in [2.45, 2.75) is 24.8 Å². The van der Waals surface area contributed by atoms with Gasteiger partial charge in [0.1, 0.15) is 0 Å². The summed E-state index contributed by atoms with van der Waals surface area (Å²) in [6.07, 6.45) is -0.741. The van der Waals surface area contributed by atoms with E-state index in [-0.39, 0.29) is 17.1 Å². The highest BCUT2D eigenvalue weighted by Gasteiger charge is 2.24. The standard InChI is InChI=1S/C11H17ClN2O3S/c1-7-4-9(12)10(13)5-11(7)18(16,17)14(3)6-8(2)15/h4-5,8,15H,6,13H2,1-3H3. The number of likely N-dealkylation sites (N-methyl/N-ethyl adjacent to an activating group) is 1. The number of nitrogens with two attached hydrogens (primary N) is 1. The van der Waals surface area contributed by atoms with Gasteiger partial charge in [-0.3, -0.25) is 0 Å². The van der Waals surface area contributed by atoms with Crippen LogP contribution in [-0.4, -0.2) is 37.5 Å². The quantitative estimate of drug-likeness (QED) is 0.818. The second kappa shape index (κ2) is 5.44. The Balaban J connectivity index is 3.24. The van der Waals surface area contributed by atoms with E-state index >= 15 is 0 Å². The van der Waals surface area contributed by atoms with Gasteiger partial charge < -0.3 is 10.8 Å². The van der Waals surface area contributed by atoms with Crippen molar-refractivity contribution in [2.24, 2.45) is 0 Å².